The molecule has 1 aliphatic rings. The summed E-state index contributed by atoms with van der Waals surface area (Å²) < 4.78 is 0. The van der Waals surface area contributed by atoms with Gasteiger partial charge in [-0.25, -0.2) is 4.98 Å². The molecule has 4 heteroatoms. The molecule has 1 aliphatic carbocycles. The molecule has 1 saturated carbocycles. The van der Waals surface area contributed by atoms with Gasteiger partial charge in [-0.15, -0.1) is 11.3 Å². The molecule has 0 radical (unpaired) electrons. The molecule has 0 saturated heterocycles. The lowest BCUT2D eigenvalue weighted by Crippen LogP contribution is -2.30. The summed E-state index contributed by atoms with van der Waals surface area (Å²) in [5.41, 5.74) is 1.13. The van der Waals surface area contributed by atoms with Crippen LogP contribution in [0.25, 0.3) is 0 Å². The van der Waals surface area contributed by atoms with Gasteiger partial charge in [-0.2, -0.15) is 0 Å². The van der Waals surface area contributed by atoms with Gasteiger partial charge in [-0.1, -0.05) is 13.8 Å². The fraction of sp³-hybridized carbons (Fsp3) is 0.769. The van der Waals surface area contributed by atoms with Crippen molar-refractivity contribution in [3.63, 3.8) is 0 Å². The molecule has 0 aromatic carbocycles. The molecule has 1 atom stereocenters. The standard InChI is InChI=1S/C13H22N2OS/c1-9(2)13-14-11(8-17-13)6-15(3)7-12(16)10-4-5-10/h8-10,12,16H,4-7H2,1-3H3. The molecule has 0 aliphatic heterocycles. The first-order chi connectivity index (χ1) is 8.06. The molecule has 1 aromatic rings. The zero-order chi connectivity index (χ0) is 12.4. The number of hydrogen-bond donors (Lipinski definition) is 1. The second kappa shape index (κ2) is 5.46. The van der Waals surface area contributed by atoms with E-state index in [2.05, 4.69) is 36.2 Å². The Bertz CT molecular complexity index is 360. The maximum Gasteiger partial charge on any atom is 0.0954 e. The normalized spacial score (nSPS) is 18.0. The van der Waals surface area contributed by atoms with Gasteiger partial charge >= 0.3 is 0 Å². The minimum absolute atomic E-state index is 0.150. The zero-order valence-corrected chi connectivity index (χ0v) is 11.7. The van der Waals surface area contributed by atoms with Crippen LogP contribution in [-0.4, -0.2) is 34.7 Å². The summed E-state index contributed by atoms with van der Waals surface area (Å²) >= 11 is 1.74. The summed E-state index contributed by atoms with van der Waals surface area (Å²) in [7, 11) is 2.06. The van der Waals surface area contributed by atoms with Crippen molar-refractivity contribution >= 4 is 11.3 Å². The molecule has 2 rings (SSSR count). The zero-order valence-electron chi connectivity index (χ0n) is 10.9. The Balaban J connectivity index is 1.82. The molecule has 0 bridgehead atoms. The highest BCUT2D eigenvalue weighted by Crippen LogP contribution is 2.32. The molecule has 1 aromatic heterocycles. The summed E-state index contributed by atoms with van der Waals surface area (Å²) in [6, 6.07) is 0. The Kier molecular flexibility index (Phi) is 4.17. The van der Waals surface area contributed by atoms with Gasteiger partial charge in [0, 0.05) is 24.4 Å². The van der Waals surface area contributed by atoms with Crippen molar-refractivity contribution in [3.8, 4) is 0 Å². The third-order valence-electron chi connectivity index (χ3n) is 3.16. The van der Waals surface area contributed by atoms with Crippen LogP contribution in [0.3, 0.4) is 0 Å². The van der Waals surface area contributed by atoms with E-state index in [0.717, 1.165) is 18.8 Å². The molecule has 1 N–H and O–H groups in total. The second-order valence-electron chi connectivity index (χ2n) is 5.43. The highest BCUT2D eigenvalue weighted by Gasteiger charge is 2.30. The molecule has 96 valence electrons. The van der Waals surface area contributed by atoms with E-state index in [4.69, 9.17) is 0 Å². The Hall–Kier alpha value is -0.450. The number of nitrogens with zero attached hydrogens (tertiary/aromatic N) is 2. The van der Waals surface area contributed by atoms with Crippen molar-refractivity contribution in [1.29, 1.82) is 0 Å². The molecule has 0 amide bonds. The van der Waals surface area contributed by atoms with Crippen molar-refractivity contribution in [3.05, 3.63) is 16.1 Å². The van der Waals surface area contributed by atoms with Gasteiger partial charge in [0.15, 0.2) is 0 Å². The molecule has 1 heterocycles. The van der Waals surface area contributed by atoms with Crippen LogP contribution in [0, 0.1) is 5.92 Å². The number of aromatic nitrogens is 1. The van der Waals surface area contributed by atoms with Crippen LogP contribution in [0.5, 0.6) is 0 Å². The number of hydrogen-bond acceptors (Lipinski definition) is 4. The first kappa shape index (κ1) is 13.0. The molecule has 17 heavy (non-hydrogen) atoms. The number of likely N-dealkylation sites (N-methyl/N-ethyl adjacent to an activating group) is 1. The molecule has 3 nitrogen and oxygen atoms in total. The fourth-order valence-electron chi connectivity index (χ4n) is 1.95. The summed E-state index contributed by atoms with van der Waals surface area (Å²) in [6.07, 6.45) is 2.25. The molecule has 1 unspecified atom stereocenters. The van der Waals surface area contributed by atoms with Crippen LogP contribution in [0.4, 0.5) is 0 Å². The summed E-state index contributed by atoms with van der Waals surface area (Å²) in [4.78, 5) is 6.78. The summed E-state index contributed by atoms with van der Waals surface area (Å²) in [5.74, 6) is 1.07. The molecular weight excluding hydrogens is 232 g/mol. The lowest BCUT2D eigenvalue weighted by atomic mass is 10.2. The Morgan fingerprint density at radius 1 is 1.53 bits per heavy atom. The van der Waals surface area contributed by atoms with Gasteiger partial charge in [0.05, 0.1) is 16.8 Å². The summed E-state index contributed by atoms with van der Waals surface area (Å²) in [5, 5.41) is 13.2. The predicted octanol–water partition coefficient (Wildman–Crippen LogP) is 2.47. The Morgan fingerprint density at radius 2 is 2.24 bits per heavy atom. The second-order valence-corrected chi connectivity index (χ2v) is 6.32. The van der Waals surface area contributed by atoms with Crippen molar-refractivity contribution in [2.24, 2.45) is 5.92 Å². The highest BCUT2D eigenvalue weighted by atomic mass is 32.1. The van der Waals surface area contributed by atoms with Crippen LogP contribution < -0.4 is 0 Å². The van der Waals surface area contributed by atoms with Gasteiger partial charge < -0.3 is 5.11 Å². The monoisotopic (exact) mass is 254 g/mol. The maximum atomic E-state index is 9.87. The van der Waals surface area contributed by atoms with E-state index in [1.807, 2.05) is 0 Å². The third-order valence-corrected chi connectivity index (χ3v) is 4.35. The van der Waals surface area contributed by atoms with Gasteiger partial charge in [-0.3, -0.25) is 4.90 Å². The van der Waals surface area contributed by atoms with Crippen LogP contribution in [0.1, 0.15) is 43.3 Å². The van der Waals surface area contributed by atoms with E-state index < -0.39 is 0 Å². The van der Waals surface area contributed by atoms with Gasteiger partial charge in [0.2, 0.25) is 0 Å². The SMILES string of the molecule is CC(C)c1nc(CN(C)CC(O)C2CC2)cs1. The van der Waals surface area contributed by atoms with Gasteiger partial charge in [0.25, 0.3) is 0 Å². The van der Waals surface area contributed by atoms with Crippen LogP contribution in [-0.2, 0) is 6.54 Å². The Morgan fingerprint density at radius 3 is 2.76 bits per heavy atom. The number of aliphatic hydroxyl groups excluding tert-OH is 1. The number of aliphatic hydroxyl groups is 1. The van der Waals surface area contributed by atoms with Crippen molar-refractivity contribution in [1.82, 2.24) is 9.88 Å². The van der Waals surface area contributed by atoms with Crippen LogP contribution in [0.15, 0.2) is 5.38 Å². The van der Waals surface area contributed by atoms with Crippen molar-refractivity contribution in [2.75, 3.05) is 13.6 Å². The molecule has 1 fully saturated rings. The highest BCUT2D eigenvalue weighted by molar-refractivity contribution is 7.09. The van der Waals surface area contributed by atoms with E-state index in [1.54, 1.807) is 11.3 Å². The largest absolute Gasteiger partial charge is 0.392 e. The average Bonchev–Trinajstić information content (AvgIpc) is 2.99. The molecular formula is C13H22N2OS. The fourth-order valence-corrected chi connectivity index (χ4v) is 2.78. The first-order valence-corrected chi connectivity index (χ1v) is 7.25. The smallest absolute Gasteiger partial charge is 0.0954 e. The molecule has 0 spiro atoms. The van der Waals surface area contributed by atoms with Gasteiger partial charge in [-0.05, 0) is 25.8 Å². The van der Waals surface area contributed by atoms with E-state index in [1.165, 1.54) is 17.8 Å². The van der Waals surface area contributed by atoms with E-state index >= 15 is 0 Å². The minimum Gasteiger partial charge on any atom is -0.392 e. The average molecular weight is 254 g/mol. The first-order valence-electron chi connectivity index (χ1n) is 6.37. The van der Waals surface area contributed by atoms with E-state index in [9.17, 15) is 5.11 Å². The summed E-state index contributed by atoms with van der Waals surface area (Å²) in [6.45, 7) is 5.94. The van der Waals surface area contributed by atoms with Crippen LogP contribution >= 0.6 is 11.3 Å². The van der Waals surface area contributed by atoms with Gasteiger partial charge in [0.1, 0.15) is 0 Å². The topological polar surface area (TPSA) is 36.4 Å². The van der Waals surface area contributed by atoms with E-state index in [-0.39, 0.29) is 6.10 Å². The maximum absolute atomic E-state index is 9.87. The lowest BCUT2D eigenvalue weighted by molar-refractivity contribution is 0.104. The van der Waals surface area contributed by atoms with Crippen LogP contribution in [0.2, 0.25) is 0 Å². The number of rotatable bonds is 6. The Labute approximate surface area is 107 Å². The predicted molar refractivity (Wildman–Crippen MR) is 71.3 cm³/mol. The quantitative estimate of drug-likeness (QED) is 0.847. The van der Waals surface area contributed by atoms with Crippen molar-refractivity contribution in [2.45, 2.75) is 45.3 Å². The van der Waals surface area contributed by atoms with E-state index in [0.29, 0.717) is 11.8 Å². The number of thiazole rings is 1. The lowest BCUT2D eigenvalue weighted by Gasteiger charge is -2.19. The third kappa shape index (κ3) is 3.76. The van der Waals surface area contributed by atoms with Crippen molar-refractivity contribution < 1.29 is 5.11 Å². The minimum atomic E-state index is -0.150.